The first-order valence-corrected chi connectivity index (χ1v) is 10.7. The van der Waals surface area contributed by atoms with E-state index in [4.69, 9.17) is 9.47 Å². The number of allylic oxidation sites excluding steroid dienone is 1. The second kappa shape index (κ2) is 9.90. The van der Waals surface area contributed by atoms with Crippen LogP contribution in [-0.4, -0.2) is 18.0 Å². The molecule has 4 heteroatoms. The molecule has 1 heterocycles. The van der Waals surface area contributed by atoms with Gasteiger partial charge in [-0.05, 0) is 37.3 Å². The molecule has 2 unspecified atom stereocenters. The molecule has 0 radical (unpaired) electrons. The third kappa shape index (κ3) is 5.24. The average molecular weight is 385 g/mol. The number of rotatable bonds is 4. The van der Waals surface area contributed by atoms with Gasteiger partial charge in [0.15, 0.2) is 0 Å². The lowest BCUT2D eigenvalue weighted by Crippen LogP contribution is -2.25. The van der Waals surface area contributed by atoms with Gasteiger partial charge in [-0.25, -0.2) is 0 Å². The Morgan fingerprint density at radius 2 is 1.75 bits per heavy atom. The van der Waals surface area contributed by atoms with E-state index in [-0.39, 0.29) is 25.0 Å². The van der Waals surface area contributed by atoms with Gasteiger partial charge in [0, 0.05) is 0 Å². The van der Waals surface area contributed by atoms with Crippen LogP contribution in [0.25, 0.3) is 0 Å². The normalized spacial score (nSPS) is 26.2. The maximum Gasteiger partial charge on any atom is 0.316 e. The zero-order valence-electron chi connectivity index (χ0n) is 17.0. The molecule has 2 aliphatic rings. The number of hydrogen-bond acceptors (Lipinski definition) is 4. The molecular formula is C24H32O4. The summed E-state index contributed by atoms with van der Waals surface area (Å²) >= 11 is 0. The van der Waals surface area contributed by atoms with Crippen LogP contribution in [0.3, 0.4) is 0 Å². The fraction of sp³-hybridized carbons (Fsp3) is 0.583. The van der Waals surface area contributed by atoms with Crippen molar-refractivity contribution in [2.75, 3.05) is 0 Å². The van der Waals surface area contributed by atoms with Crippen molar-refractivity contribution >= 4 is 11.9 Å². The van der Waals surface area contributed by atoms with Gasteiger partial charge in [-0.15, -0.1) is 0 Å². The quantitative estimate of drug-likeness (QED) is 0.508. The van der Waals surface area contributed by atoms with Crippen molar-refractivity contribution in [1.82, 2.24) is 0 Å². The minimum Gasteiger partial charge on any atom is -0.461 e. The standard InChI is InChI=1S/C24H32O4/c1-24-16-12-7-5-3-2-4-6-11-15-20(24)21(28-23(24)26)17-22(25)27-18-19-13-9-8-10-14-19/h8-10,13-15,21H,2-7,11-12,16-18H2,1H3. The van der Waals surface area contributed by atoms with Crippen molar-refractivity contribution < 1.29 is 19.1 Å². The van der Waals surface area contributed by atoms with Crippen molar-refractivity contribution in [3.05, 3.63) is 47.5 Å². The molecule has 0 bridgehead atoms. The number of fused-ring (bicyclic) bond motifs is 1. The summed E-state index contributed by atoms with van der Waals surface area (Å²) in [7, 11) is 0. The van der Waals surface area contributed by atoms with E-state index in [1.165, 1.54) is 25.7 Å². The number of ether oxygens (including phenoxy) is 2. The van der Waals surface area contributed by atoms with Crippen molar-refractivity contribution in [2.45, 2.75) is 83.8 Å². The lowest BCUT2D eigenvalue weighted by Gasteiger charge is -2.23. The minimum atomic E-state index is -0.594. The molecular weight excluding hydrogens is 352 g/mol. The summed E-state index contributed by atoms with van der Waals surface area (Å²) < 4.78 is 11.1. The van der Waals surface area contributed by atoms with Gasteiger partial charge in [0.1, 0.15) is 12.7 Å². The van der Waals surface area contributed by atoms with E-state index in [1.54, 1.807) is 0 Å². The predicted octanol–water partition coefficient (Wildman–Crippen LogP) is 5.50. The Morgan fingerprint density at radius 3 is 2.50 bits per heavy atom. The fourth-order valence-electron chi connectivity index (χ4n) is 4.26. The van der Waals surface area contributed by atoms with E-state index < -0.39 is 11.5 Å². The molecule has 1 aliphatic carbocycles. The summed E-state index contributed by atoms with van der Waals surface area (Å²) in [5.41, 5.74) is 1.35. The van der Waals surface area contributed by atoms with Crippen LogP contribution in [0.2, 0.25) is 0 Å². The predicted molar refractivity (Wildman–Crippen MR) is 108 cm³/mol. The Hall–Kier alpha value is -2.10. The molecule has 0 spiro atoms. The van der Waals surface area contributed by atoms with Crippen molar-refractivity contribution in [1.29, 1.82) is 0 Å². The molecule has 0 saturated carbocycles. The maximum atomic E-state index is 12.7. The largest absolute Gasteiger partial charge is 0.461 e. The summed E-state index contributed by atoms with van der Waals surface area (Å²) in [4.78, 5) is 25.1. The van der Waals surface area contributed by atoms with Gasteiger partial charge in [-0.1, -0.05) is 74.9 Å². The van der Waals surface area contributed by atoms with Crippen molar-refractivity contribution in [2.24, 2.45) is 5.41 Å². The second-order valence-electron chi connectivity index (χ2n) is 8.25. The summed E-state index contributed by atoms with van der Waals surface area (Å²) in [5, 5.41) is 0. The lowest BCUT2D eigenvalue weighted by molar-refractivity contribution is -0.152. The molecule has 1 aromatic rings. The number of carbonyl (C=O) groups excluding carboxylic acids is 2. The van der Waals surface area contributed by atoms with Crippen LogP contribution in [0, 0.1) is 5.41 Å². The van der Waals surface area contributed by atoms with E-state index in [0.29, 0.717) is 0 Å². The highest BCUT2D eigenvalue weighted by molar-refractivity contribution is 5.85. The number of benzene rings is 1. The Bertz CT molecular complexity index is 694. The fourth-order valence-corrected chi connectivity index (χ4v) is 4.26. The van der Waals surface area contributed by atoms with Crippen LogP contribution >= 0.6 is 0 Å². The summed E-state index contributed by atoms with van der Waals surface area (Å²) in [5.74, 6) is -0.505. The molecule has 1 fully saturated rings. The Labute approximate surface area is 168 Å². The second-order valence-corrected chi connectivity index (χ2v) is 8.25. The topological polar surface area (TPSA) is 52.6 Å². The molecule has 152 valence electrons. The molecule has 4 nitrogen and oxygen atoms in total. The molecule has 1 saturated heterocycles. The first kappa shape index (κ1) is 20.6. The maximum absolute atomic E-state index is 12.7. The Morgan fingerprint density at radius 1 is 1.07 bits per heavy atom. The number of carbonyl (C=O) groups is 2. The summed E-state index contributed by atoms with van der Waals surface area (Å²) in [6.45, 7) is 2.24. The van der Waals surface area contributed by atoms with Gasteiger partial charge in [-0.2, -0.15) is 0 Å². The van der Waals surface area contributed by atoms with Crippen LogP contribution in [-0.2, 0) is 25.7 Å². The van der Waals surface area contributed by atoms with Crippen molar-refractivity contribution in [3.63, 3.8) is 0 Å². The Balaban J connectivity index is 1.66. The first-order chi connectivity index (χ1) is 13.6. The van der Waals surface area contributed by atoms with E-state index in [9.17, 15) is 9.59 Å². The highest BCUT2D eigenvalue weighted by atomic mass is 16.6. The van der Waals surface area contributed by atoms with Crippen LogP contribution in [0.4, 0.5) is 0 Å². The average Bonchev–Trinajstić information content (AvgIpc) is 2.91. The van der Waals surface area contributed by atoms with Crippen molar-refractivity contribution in [3.8, 4) is 0 Å². The minimum absolute atomic E-state index is 0.0972. The SMILES string of the molecule is CC12CCCCCCCCCC=C1C(CC(=O)OCc1ccccc1)OC2=O. The molecule has 0 amide bonds. The van der Waals surface area contributed by atoms with Gasteiger partial charge in [0.2, 0.25) is 0 Å². The zero-order valence-corrected chi connectivity index (χ0v) is 17.0. The zero-order chi connectivity index (χ0) is 19.8. The van der Waals surface area contributed by atoms with E-state index in [1.807, 2.05) is 37.3 Å². The number of cyclic esters (lactones) is 1. The van der Waals surface area contributed by atoms with Gasteiger partial charge in [-0.3, -0.25) is 9.59 Å². The first-order valence-electron chi connectivity index (χ1n) is 10.7. The van der Waals surface area contributed by atoms with Crippen LogP contribution in [0.15, 0.2) is 42.0 Å². The molecule has 1 aliphatic heterocycles. The number of esters is 2. The van der Waals surface area contributed by atoms with E-state index in [2.05, 4.69) is 6.08 Å². The van der Waals surface area contributed by atoms with Gasteiger partial charge >= 0.3 is 11.9 Å². The number of hydrogen-bond donors (Lipinski definition) is 0. The molecule has 1 aromatic carbocycles. The van der Waals surface area contributed by atoms with Gasteiger partial charge < -0.3 is 9.47 Å². The van der Waals surface area contributed by atoms with Crippen LogP contribution < -0.4 is 0 Å². The van der Waals surface area contributed by atoms with E-state index in [0.717, 1.165) is 43.2 Å². The van der Waals surface area contributed by atoms with E-state index >= 15 is 0 Å². The van der Waals surface area contributed by atoms with Crippen LogP contribution in [0.5, 0.6) is 0 Å². The molecule has 28 heavy (non-hydrogen) atoms. The third-order valence-corrected chi connectivity index (χ3v) is 6.02. The summed E-state index contributed by atoms with van der Waals surface area (Å²) in [6, 6.07) is 9.62. The molecule has 0 aromatic heterocycles. The smallest absolute Gasteiger partial charge is 0.316 e. The monoisotopic (exact) mass is 384 g/mol. The molecule has 2 atom stereocenters. The van der Waals surface area contributed by atoms with Gasteiger partial charge in [0.05, 0.1) is 11.8 Å². The highest BCUT2D eigenvalue weighted by Gasteiger charge is 2.49. The molecule has 3 rings (SSSR count). The van der Waals surface area contributed by atoms with Gasteiger partial charge in [0.25, 0.3) is 0 Å². The Kier molecular flexibility index (Phi) is 7.30. The summed E-state index contributed by atoms with van der Waals surface area (Å²) in [6.07, 6.45) is 11.8. The lowest BCUT2D eigenvalue weighted by atomic mass is 9.76. The molecule has 0 N–H and O–H groups in total. The van der Waals surface area contributed by atoms with Crippen LogP contribution in [0.1, 0.15) is 76.7 Å². The third-order valence-electron chi connectivity index (χ3n) is 6.02. The highest BCUT2D eigenvalue weighted by Crippen LogP contribution is 2.45.